The van der Waals surface area contributed by atoms with Crippen LogP contribution in [0.3, 0.4) is 0 Å². The summed E-state index contributed by atoms with van der Waals surface area (Å²) in [7, 11) is 0. The van der Waals surface area contributed by atoms with Crippen molar-refractivity contribution < 1.29 is 23.9 Å². The van der Waals surface area contributed by atoms with Crippen LogP contribution in [-0.4, -0.2) is 46.0 Å². The van der Waals surface area contributed by atoms with E-state index in [4.69, 9.17) is 15.0 Å². The Hall–Kier alpha value is -4.01. The predicted octanol–water partition coefficient (Wildman–Crippen LogP) is 4.29. The number of hydrogen-bond donors (Lipinski definition) is 0. The molecule has 0 bridgehead atoms. The molecule has 2 aliphatic rings. The Morgan fingerprint density at radius 3 is 2.34 bits per heavy atom. The van der Waals surface area contributed by atoms with E-state index in [2.05, 4.69) is 16.6 Å². The number of carbonyl (C=O) groups excluding carboxylic acids is 3. The Labute approximate surface area is 206 Å². The number of β-lactam (4-membered cyclic amide) rings is 1. The molecule has 0 saturated carbocycles. The molecule has 1 fully saturated rings. The quantitative estimate of drug-likeness (QED) is 0.136. The largest absolute Gasteiger partial charge is 0.461 e. The van der Waals surface area contributed by atoms with E-state index in [0.29, 0.717) is 5.57 Å². The van der Waals surface area contributed by atoms with Crippen molar-refractivity contribution >= 4 is 29.6 Å². The summed E-state index contributed by atoms with van der Waals surface area (Å²) in [6.07, 6.45) is 0.554. The first-order valence-electron chi connectivity index (χ1n) is 10.7. The Morgan fingerprint density at radius 2 is 1.83 bits per heavy atom. The molecular weight excluding hydrogens is 468 g/mol. The number of esters is 2. The van der Waals surface area contributed by atoms with Crippen LogP contribution in [0.1, 0.15) is 24.2 Å². The van der Waals surface area contributed by atoms with Crippen molar-refractivity contribution in [2.75, 3.05) is 12.4 Å². The van der Waals surface area contributed by atoms with Crippen molar-refractivity contribution in [2.24, 2.45) is 5.11 Å². The number of carbonyl (C=O) groups is 3. The standard InChI is InChI=1S/C25H22N4O5S/c1-3-25(27-28-26)23(32)29-20(19(14-33-16(2)30)15-35-24(25)29)22(31)34-21(17-10-6-4-7-11-17)18-12-8-5-9-13-18/h3-13,21,24H,1,14-15H2,2H3/t24-,25?/m1/s1. The zero-order chi connectivity index (χ0) is 25.0. The summed E-state index contributed by atoms with van der Waals surface area (Å²) >= 11 is 1.29. The van der Waals surface area contributed by atoms with E-state index >= 15 is 0 Å². The second kappa shape index (κ2) is 10.1. The van der Waals surface area contributed by atoms with E-state index in [1.54, 1.807) is 0 Å². The topological polar surface area (TPSA) is 122 Å². The molecule has 1 unspecified atom stereocenters. The molecule has 178 valence electrons. The summed E-state index contributed by atoms with van der Waals surface area (Å²) < 4.78 is 11.1. The Morgan fingerprint density at radius 1 is 1.23 bits per heavy atom. The minimum Gasteiger partial charge on any atom is -0.461 e. The van der Waals surface area contributed by atoms with Crippen molar-refractivity contribution in [3.05, 3.63) is 106 Å². The maximum atomic E-state index is 13.6. The lowest BCUT2D eigenvalue weighted by Crippen LogP contribution is -2.71. The van der Waals surface area contributed by atoms with Gasteiger partial charge in [0.25, 0.3) is 0 Å². The molecule has 0 N–H and O–H groups in total. The highest BCUT2D eigenvalue weighted by molar-refractivity contribution is 8.00. The first-order valence-corrected chi connectivity index (χ1v) is 11.8. The monoisotopic (exact) mass is 490 g/mol. The van der Waals surface area contributed by atoms with Gasteiger partial charge < -0.3 is 9.47 Å². The van der Waals surface area contributed by atoms with Gasteiger partial charge in [0, 0.05) is 23.2 Å². The molecular formula is C25H22N4O5S. The third-order valence-electron chi connectivity index (χ3n) is 5.76. The van der Waals surface area contributed by atoms with Crippen molar-refractivity contribution in [3.63, 3.8) is 0 Å². The lowest BCUT2D eigenvalue weighted by molar-refractivity contribution is -0.156. The molecule has 0 aromatic heterocycles. The van der Waals surface area contributed by atoms with Gasteiger partial charge in [0.15, 0.2) is 11.6 Å². The van der Waals surface area contributed by atoms with Crippen LogP contribution in [0.25, 0.3) is 10.4 Å². The number of azide groups is 1. The second-order valence-electron chi connectivity index (χ2n) is 7.90. The minimum atomic E-state index is -1.50. The van der Waals surface area contributed by atoms with Gasteiger partial charge in [-0.05, 0) is 16.7 Å². The number of fused-ring (bicyclic) bond motifs is 1. The summed E-state index contributed by atoms with van der Waals surface area (Å²) in [6.45, 7) is 4.75. The molecule has 1 saturated heterocycles. The fourth-order valence-electron chi connectivity index (χ4n) is 4.06. The molecule has 2 aromatic carbocycles. The van der Waals surface area contributed by atoms with E-state index in [1.807, 2.05) is 60.7 Å². The number of ether oxygens (including phenoxy) is 2. The third-order valence-corrected chi connectivity index (χ3v) is 7.16. The van der Waals surface area contributed by atoms with Crippen LogP contribution < -0.4 is 0 Å². The van der Waals surface area contributed by atoms with E-state index in [0.717, 1.165) is 11.1 Å². The summed E-state index contributed by atoms with van der Waals surface area (Å²) in [4.78, 5) is 42.4. The molecule has 0 spiro atoms. The average molecular weight is 491 g/mol. The molecule has 4 rings (SSSR count). The van der Waals surface area contributed by atoms with Gasteiger partial charge in [-0.3, -0.25) is 14.5 Å². The molecule has 0 radical (unpaired) electrons. The Balaban J connectivity index is 1.73. The maximum absolute atomic E-state index is 13.6. The second-order valence-corrected chi connectivity index (χ2v) is 8.97. The van der Waals surface area contributed by atoms with E-state index in [-0.39, 0.29) is 18.1 Å². The number of benzene rings is 2. The van der Waals surface area contributed by atoms with Crippen molar-refractivity contribution in [1.29, 1.82) is 0 Å². The maximum Gasteiger partial charge on any atom is 0.356 e. The van der Waals surface area contributed by atoms with E-state index in [1.165, 1.54) is 29.7 Å². The SMILES string of the molecule is C=CC1(N=[N+]=[N-])C(=O)N2C(C(=O)OC(c3ccccc3)c3ccccc3)=C(COC(C)=O)CS[C@@H]21. The van der Waals surface area contributed by atoms with Gasteiger partial charge in [-0.2, -0.15) is 0 Å². The van der Waals surface area contributed by atoms with Crippen LogP contribution in [0.5, 0.6) is 0 Å². The van der Waals surface area contributed by atoms with Gasteiger partial charge in [0.1, 0.15) is 17.7 Å². The molecule has 2 aromatic rings. The molecule has 35 heavy (non-hydrogen) atoms. The number of rotatable bonds is 8. The van der Waals surface area contributed by atoms with Gasteiger partial charge in [-0.25, -0.2) is 4.79 Å². The fraction of sp³-hybridized carbons (Fsp3) is 0.240. The molecule has 1 amide bonds. The van der Waals surface area contributed by atoms with Gasteiger partial charge in [0.2, 0.25) is 5.91 Å². The van der Waals surface area contributed by atoms with E-state index in [9.17, 15) is 14.4 Å². The van der Waals surface area contributed by atoms with Crippen LogP contribution in [0.2, 0.25) is 0 Å². The number of amides is 1. The van der Waals surface area contributed by atoms with Crippen molar-refractivity contribution in [2.45, 2.75) is 23.9 Å². The van der Waals surface area contributed by atoms with Gasteiger partial charge >= 0.3 is 11.9 Å². The van der Waals surface area contributed by atoms with Gasteiger partial charge in [-0.1, -0.05) is 71.9 Å². The molecule has 10 heteroatoms. The van der Waals surface area contributed by atoms with Gasteiger partial charge in [-0.15, -0.1) is 18.3 Å². The molecule has 2 atom stereocenters. The van der Waals surface area contributed by atoms with Crippen molar-refractivity contribution in [3.8, 4) is 0 Å². The first-order chi connectivity index (χ1) is 16.9. The van der Waals surface area contributed by atoms with Crippen LogP contribution in [0.15, 0.2) is 89.7 Å². The number of nitrogens with zero attached hydrogens (tertiary/aromatic N) is 4. The Kier molecular flexibility index (Phi) is 6.95. The smallest absolute Gasteiger partial charge is 0.356 e. The summed E-state index contributed by atoms with van der Waals surface area (Å²) in [6, 6.07) is 18.5. The lowest BCUT2D eigenvalue weighted by Gasteiger charge is -2.54. The molecule has 2 heterocycles. The van der Waals surface area contributed by atoms with E-state index < -0.39 is 34.9 Å². The summed E-state index contributed by atoms with van der Waals surface area (Å²) in [5, 5.41) is 3.02. The zero-order valence-electron chi connectivity index (χ0n) is 18.9. The molecule has 9 nitrogen and oxygen atoms in total. The highest BCUT2D eigenvalue weighted by Crippen LogP contribution is 2.49. The average Bonchev–Trinajstić information content (AvgIpc) is 2.89. The Bertz CT molecular complexity index is 1200. The lowest BCUT2D eigenvalue weighted by atomic mass is 9.87. The number of thioether (sulfide) groups is 1. The van der Waals surface area contributed by atoms with Crippen LogP contribution in [-0.2, 0) is 23.9 Å². The van der Waals surface area contributed by atoms with Gasteiger partial charge in [0.05, 0.1) is 0 Å². The minimum absolute atomic E-state index is 0.0116. The van der Waals surface area contributed by atoms with Crippen molar-refractivity contribution in [1.82, 2.24) is 4.90 Å². The molecule has 2 aliphatic heterocycles. The third kappa shape index (κ3) is 4.41. The summed E-state index contributed by atoms with van der Waals surface area (Å²) in [5.41, 5.74) is 9.43. The van der Waals surface area contributed by atoms with Crippen LogP contribution in [0.4, 0.5) is 0 Å². The normalized spacial score (nSPS) is 20.9. The van der Waals surface area contributed by atoms with Crippen LogP contribution in [0, 0.1) is 0 Å². The predicted molar refractivity (Wildman–Crippen MR) is 130 cm³/mol. The fourth-order valence-corrected chi connectivity index (χ4v) is 5.49. The molecule has 0 aliphatic carbocycles. The first kappa shape index (κ1) is 24.1. The highest BCUT2D eigenvalue weighted by atomic mass is 32.2. The van der Waals surface area contributed by atoms with Crippen LogP contribution >= 0.6 is 11.8 Å². The highest BCUT2D eigenvalue weighted by Gasteiger charge is 2.63. The zero-order valence-corrected chi connectivity index (χ0v) is 19.7. The summed E-state index contributed by atoms with van der Waals surface area (Å²) in [5.74, 6) is -1.59. The number of hydrogen-bond acceptors (Lipinski definition) is 7.